The van der Waals surface area contributed by atoms with E-state index in [2.05, 4.69) is 9.71 Å². The number of alkyl halides is 3. The Morgan fingerprint density at radius 1 is 1.04 bits per heavy atom. The molecule has 242 valence electrons. The van der Waals surface area contributed by atoms with Crippen LogP contribution in [-0.4, -0.2) is 74.1 Å². The molecule has 6 rings (SSSR count). The van der Waals surface area contributed by atoms with Crippen molar-refractivity contribution in [1.29, 1.82) is 0 Å². The van der Waals surface area contributed by atoms with Crippen molar-refractivity contribution in [1.82, 2.24) is 9.71 Å². The number of nitrogens with one attached hydrogen (secondary N) is 1. The number of ketones is 1. The summed E-state index contributed by atoms with van der Waals surface area (Å²) in [7, 11) is -4.02. The molecule has 1 aromatic heterocycles. The van der Waals surface area contributed by atoms with Crippen LogP contribution in [0, 0.1) is 19.8 Å². The van der Waals surface area contributed by atoms with E-state index in [0.29, 0.717) is 39.4 Å². The molecule has 0 aliphatic carbocycles. The molecule has 3 fully saturated rings. The summed E-state index contributed by atoms with van der Waals surface area (Å²) in [5.41, 5.74) is 1.59. The number of carbonyl (C=O) groups is 3. The van der Waals surface area contributed by atoms with Crippen molar-refractivity contribution in [3.05, 3.63) is 82.5 Å². The van der Waals surface area contributed by atoms with Crippen LogP contribution in [0.1, 0.15) is 45.5 Å². The number of Topliss-reactive ketones (excluding diaryl/α,β-unsaturated/α-hetero) is 1. The molecule has 2 atom stereocenters. The fourth-order valence-electron chi connectivity index (χ4n) is 5.68. The lowest BCUT2D eigenvalue weighted by Gasteiger charge is -2.51. The number of aromatic nitrogens is 1. The number of carboxylic acid groups (broad SMARTS) is 1. The summed E-state index contributed by atoms with van der Waals surface area (Å²) in [5, 5.41) is 9.42. The second kappa shape index (κ2) is 13.8. The number of aryl methyl sites for hydroxylation is 2. The molecule has 3 aromatic rings. The summed E-state index contributed by atoms with van der Waals surface area (Å²) in [4.78, 5) is 39.6. The van der Waals surface area contributed by atoms with E-state index in [-0.39, 0.29) is 22.0 Å². The summed E-state index contributed by atoms with van der Waals surface area (Å²) < 4.78 is 67.5. The van der Waals surface area contributed by atoms with Crippen molar-refractivity contribution in [2.24, 2.45) is 5.92 Å². The normalized spacial score (nSPS) is 21.7. The molecule has 0 spiro atoms. The molecule has 4 heterocycles. The number of esters is 1. The van der Waals surface area contributed by atoms with Gasteiger partial charge in [0.1, 0.15) is 25.1 Å². The molecule has 1 unspecified atom stereocenters. The van der Waals surface area contributed by atoms with Crippen LogP contribution in [0.25, 0.3) is 0 Å². The highest BCUT2D eigenvalue weighted by molar-refractivity contribution is 7.91. The molecule has 0 amide bonds. The van der Waals surface area contributed by atoms with Crippen LogP contribution in [0.2, 0.25) is 0 Å². The lowest BCUT2D eigenvalue weighted by atomic mass is 9.82. The van der Waals surface area contributed by atoms with Crippen molar-refractivity contribution in [3.8, 4) is 0 Å². The number of sulfonamides is 1. The number of quaternary nitrogens is 1. The van der Waals surface area contributed by atoms with Gasteiger partial charge >= 0.3 is 12.1 Å². The molecule has 0 radical (unpaired) electrons. The number of carbonyl (C=O) groups excluding carboxylic acids is 3. The number of fused-ring (bicyclic) bond motifs is 3. The summed E-state index contributed by atoms with van der Waals surface area (Å²) in [6, 6.07) is 16.8. The largest absolute Gasteiger partial charge is 0.542 e. The van der Waals surface area contributed by atoms with Crippen LogP contribution in [0.4, 0.5) is 13.2 Å². The minimum atomic E-state index is -5.19. The number of rotatable bonds is 9. The maximum Gasteiger partial charge on any atom is 0.430 e. The summed E-state index contributed by atoms with van der Waals surface area (Å²) in [6.07, 6.45) is -3.85. The minimum absolute atomic E-state index is 0.0844. The first-order valence-corrected chi connectivity index (χ1v) is 16.3. The zero-order valence-electron chi connectivity index (χ0n) is 24.5. The molecule has 10 nitrogen and oxygen atoms in total. The van der Waals surface area contributed by atoms with E-state index in [1.807, 2.05) is 36.4 Å². The zero-order valence-corrected chi connectivity index (χ0v) is 26.1. The minimum Gasteiger partial charge on any atom is -0.542 e. The average Bonchev–Trinajstić information content (AvgIpc) is 3.35. The van der Waals surface area contributed by atoms with Crippen molar-refractivity contribution in [3.63, 3.8) is 0 Å². The number of carboxylic acids is 1. The number of hydrogen-bond acceptors (Lipinski definition) is 9. The maximum absolute atomic E-state index is 13.6. The SMILES string of the molecule is Cc1nc(C)c(S(=O)(=O)NC(C(=O)O[C@H]2C[N+]3(CC(=O)c4ccccc4)CCC2CC3)c2ccccc2)s1.O=C([O-])C(F)(F)F. The van der Waals surface area contributed by atoms with Crippen LogP contribution >= 0.6 is 11.3 Å². The third-order valence-corrected chi connectivity index (χ3v) is 11.0. The molecule has 3 aliphatic heterocycles. The van der Waals surface area contributed by atoms with Gasteiger partial charge in [0.25, 0.3) is 10.0 Å². The Morgan fingerprint density at radius 2 is 1.60 bits per heavy atom. The van der Waals surface area contributed by atoms with Gasteiger partial charge in [-0.15, -0.1) is 11.3 Å². The van der Waals surface area contributed by atoms with Crippen molar-refractivity contribution >= 4 is 39.1 Å². The Hall–Kier alpha value is -3.66. The van der Waals surface area contributed by atoms with Crippen LogP contribution in [0.5, 0.6) is 0 Å². The number of benzene rings is 2. The zero-order chi connectivity index (χ0) is 33.0. The predicted octanol–water partition coefficient (Wildman–Crippen LogP) is 3.11. The Balaban J connectivity index is 0.000000591. The fourth-order valence-corrected chi connectivity index (χ4v) is 8.36. The predicted molar refractivity (Wildman–Crippen MR) is 155 cm³/mol. The number of halogens is 3. The van der Waals surface area contributed by atoms with E-state index in [1.54, 1.807) is 38.1 Å². The number of thiazole rings is 1. The van der Waals surface area contributed by atoms with Crippen LogP contribution in [0.3, 0.4) is 0 Å². The van der Waals surface area contributed by atoms with Gasteiger partial charge in [0.05, 0.1) is 23.8 Å². The molecular formula is C30H32F3N3O7S2. The number of hydrogen-bond donors (Lipinski definition) is 1. The summed E-state index contributed by atoms with van der Waals surface area (Å²) in [6.45, 7) is 6.04. The first-order chi connectivity index (χ1) is 21.1. The molecular weight excluding hydrogens is 635 g/mol. The standard InChI is InChI=1S/C28H32N3O5S2.C2HF3O2/c1-19-28(37-20(2)29-19)38(34,35)30-26(23-11-7-4-8-12-23)27(33)36-25-18-31(15-13-22(25)14-16-31)17-24(32)21-9-5-3-6-10-21;3-2(4,5)1(6)7/h3-12,22,25-26,30H,13-18H2,1-2H3;(H,6,7)/q+1;/p-1/t22?,25-,26?,31?;/m0./s1. The van der Waals surface area contributed by atoms with Gasteiger partial charge in [0.15, 0.2) is 10.3 Å². The van der Waals surface area contributed by atoms with Gasteiger partial charge < -0.3 is 19.1 Å². The van der Waals surface area contributed by atoms with Crippen LogP contribution in [-0.2, 0) is 24.3 Å². The molecule has 2 aromatic carbocycles. The monoisotopic (exact) mass is 667 g/mol. The quantitative estimate of drug-likeness (QED) is 0.209. The molecule has 45 heavy (non-hydrogen) atoms. The lowest BCUT2D eigenvalue weighted by molar-refractivity contribution is -0.938. The molecule has 15 heteroatoms. The second-order valence-electron chi connectivity index (χ2n) is 11.1. The smallest absolute Gasteiger partial charge is 0.430 e. The van der Waals surface area contributed by atoms with E-state index in [9.17, 15) is 31.2 Å². The van der Waals surface area contributed by atoms with Gasteiger partial charge in [-0.3, -0.25) is 4.79 Å². The Bertz CT molecular complexity index is 1620. The molecule has 3 aliphatic rings. The van der Waals surface area contributed by atoms with E-state index in [4.69, 9.17) is 14.6 Å². The van der Waals surface area contributed by atoms with Gasteiger partial charge in [-0.1, -0.05) is 60.7 Å². The Morgan fingerprint density at radius 3 is 2.11 bits per heavy atom. The number of piperidine rings is 3. The molecule has 0 saturated carbocycles. The van der Waals surface area contributed by atoms with Crippen molar-refractivity contribution in [2.75, 3.05) is 26.2 Å². The van der Waals surface area contributed by atoms with E-state index >= 15 is 0 Å². The van der Waals surface area contributed by atoms with Crippen LogP contribution < -0.4 is 9.83 Å². The van der Waals surface area contributed by atoms with Crippen molar-refractivity contribution < 1.29 is 50.3 Å². The van der Waals surface area contributed by atoms with E-state index in [1.165, 1.54) is 0 Å². The Kier molecular flexibility index (Phi) is 10.5. The molecule has 3 saturated heterocycles. The van der Waals surface area contributed by atoms with Gasteiger partial charge in [0, 0.05) is 24.3 Å². The van der Waals surface area contributed by atoms with Gasteiger partial charge in [0.2, 0.25) is 5.78 Å². The topological polar surface area (TPSA) is 143 Å². The number of aliphatic carboxylic acids is 1. The van der Waals surface area contributed by atoms with Crippen LogP contribution in [0.15, 0.2) is 64.9 Å². The third kappa shape index (κ3) is 8.54. The second-order valence-corrected chi connectivity index (χ2v) is 14.2. The lowest BCUT2D eigenvalue weighted by Crippen LogP contribution is -2.66. The van der Waals surface area contributed by atoms with E-state index in [0.717, 1.165) is 37.3 Å². The molecule has 1 N–H and O–H groups in total. The first-order valence-electron chi connectivity index (χ1n) is 14.0. The van der Waals surface area contributed by atoms with Crippen molar-refractivity contribution in [2.45, 2.75) is 49.2 Å². The number of ether oxygens (including phenoxy) is 1. The Labute approximate surface area is 262 Å². The van der Waals surface area contributed by atoms with Gasteiger partial charge in [-0.25, -0.2) is 18.2 Å². The van der Waals surface area contributed by atoms with E-state index < -0.39 is 34.2 Å². The summed E-state index contributed by atoms with van der Waals surface area (Å²) >= 11 is 1.07. The highest BCUT2D eigenvalue weighted by atomic mass is 32.2. The highest BCUT2D eigenvalue weighted by Gasteiger charge is 2.49. The van der Waals surface area contributed by atoms with Gasteiger partial charge in [-0.2, -0.15) is 17.9 Å². The highest BCUT2D eigenvalue weighted by Crippen LogP contribution is 2.37. The maximum atomic E-state index is 13.6. The fraction of sp³-hybridized carbons (Fsp3) is 0.400. The summed E-state index contributed by atoms with van der Waals surface area (Å²) in [5.74, 6) is -3.36. The van der Waals surface area contributed by atoms with Gasteiger partial charge in [-0.05, 0) is 19.4 Å². The average molecular weight is 668 g/mol. The third-order valence-electron chi connectivity index (χ3n) is 7.86. The first kappa shape index (κ1) is 34.2. The molecule has 2 bridgehead atoms. The number of nitrogens with zero attached hydrogens (tertiary/aromatic N) is 2.